The van der Waals surface area contributed by atoms with E-state index in [9.17, 15) is 0 Å². The van der Waals surface area contributed by atoms with Crippen LogP contribution in [0.2, 0.25) is 0 Å². The second-order valence-corrected chi connectivity index (χ2v) is 5.62. The van der Waals surface area contributed by atoms with Crippen LogP contribution in [-0.2, 0) is 0 Å². The van der Waals surface area contributed by atoms with Gasteiger partial charge in [0, 0.05) is 10.7 Å². The molecule has 0 spiro atoms. The van der Waals surface area contributed by atoms with E-state index in [0.29, 0.717) is 16.0 Å². The lowest BCUT2D eigenvalue weighted by molar-refractivity contribution is 1.29. The number of nitrogens with zero attached hydrogens (tertiary/aromatic N) is 3. The molecule has 2 heterocycles. The summed E-state index contributed by atoms with van der Waals surface area (Å²) in [5.41, 5.74) is 7.23. The molecule has 2 aromatic heterocycles. The second kappa shape index (κ2) is 5.45. The van der Waals surface area contributed by atoms with E-state index >= 15 is 0 Å². The fraction of sp³-hybridized carbons (Fsp3) is 0.0909. The average Bonchev–Trinajstić information content (AvgIpc) is 2.27. The lowest BCUT2D eigenvalue weighted by Crippen LogP contribution is -2.07. The van der Waals surface area contributed by atoms with E-state index < -0.39 is 0 Å². The zero-order valence-corrected chi connectivity index (χ0v) is 11.9. The van der Waals surface area contributed by atoms with Crippen LogP contribution in [-0.4, -0.2) is 20.2 Å². The standard InChI is InChI=1S/C11H10BrN5S/c1-6(13)18-11(14)17-10-3-2-8-9(16-10)4-7(12)5-15-8/h2-5,13H,1H3,(H2,14,16,17). The number of hydrogen-bond donors (Lipinski definition) is 2. The summed E-state index contributed by atoms with van der Waals surface area (Å²) < 4.78 is 0.862. The lowest BCUT2D eigenvalue weighted by atomic mass is 10.3. The molecule has 18 heavy (non-hydrogen) atoms. The molecule has 0 radical (unpaired) electrons. The van der Waals surface area contributed by atoms with Gasteiger partial charge in [0.05, 0.1) is 16.1 Å². The molecule has 0 aromatic carbocycles. The number of halogens is 1. The highest BCUT2D eigenvalue weighted by Gasteiger charge is 2.01. The predicted octanol–water partition coefficient (Wildman–Crippen LogP) is 3.07. The van der Waals surface area contributed by atoms with Gasteiger partial charge in [-0.2, -0.15) is 0 Å². The highest BCUT2D eigenvalue weighted by atomic mass is 79.9. The van der Waals surface area contributed by atoms with Gasteiger partial charge in [0.1, 0.15) is 0 Å². The second-order valence-electron chi connectivity index (χ2n) is 3.47. The van der Waals surface area contributed by atoms with Crippen molar-refractivity contribution < 1.29 is 0 Å². The van der Waals surface area contributed by atoms with E-state index in [1.165, 1.54) is 0 Å². The molecule has 3 N–H and O–H groups in total. The van der Waals surface area contributed by atoms with Crippen LogP contribution in [0, 0.1) is 5.41 Å². The number of nitrogens with two attached hydrogens (primary N) is 1. The number of aliphatic imine (C=N–C) groups is 1. The molecule has 0 aliphatic rings. The molecule has 0 bridgehead atoms. The first-order valence-corrected chi connectivity index (χ1v) is 6.65. The Labute approximate surface area is 117 Å². The molecule has 7 heteroatoms. The van der Waals surface area contributed by atoms with Gasteiger partial charge in [-0.15, -0.1) is 0 Å². The van der Waals surface area contributed by atoms with Crippen molar-refractivity contribution >= 4 is 54.8 Å². The molecule has 5 nitrogen and oxygen atoms in total. The third-order valence-corrected chi connectivity index (χ3v) is 3.01. The Kier molecular flexibility index (Phi) is 3.93. The summed E-state index contributed by atoms with van der Waals surface area (Å²) >= 11 is 4.45. The van der Waals surface area contributed by atoms with Crippen LogP contribution in [0.15, 0.2) is 33.9 Å². The summed E-state index contributed by atoms with van der Waals surface area (Å²) in [6.07, 6.45) is 1.72. The molecule has 0 saturated heterocycles. The van der Waals surface area contributed by atoms with Crippen molar-refractivity contribution in [2.75, 3.05) is 0 Å². The summed E-state index contributed by atoms with van der Waals surface area (Å²) in [6.45, 7) is 1.65. The molecule has 2 rings (SSSR count). The van der Waals surface area contributed by atoms with Crippen LogP contribution in [0.3, 0.4) is 0 Å². The van der Waals surface area contributed by atoms with Crippen molar-refractivity contribution in [3.05, 3.63) is 28.9 Å². The van der Waals surface area contributed by atoms with Crippen molar-refractivity contribution in [2.24, 2.45) is 10.7 Å². The van der Waals surface area contributed by atoms with Crippen LogP contribution >= 0.6 is 27.7 Å². The predicted molar refractivity (Wildman–Crippen MR) is 79.5 cm³/mol. The van der Waals surface area contributed by atoms with E-state index in [1.54, 1.807) is 19.2 Å². The summed E-state index contributed by atoms with van der Waals surface area (Å²) in [5.74, 6) is 0.508. The van der Waals surface area contributed by atoms with Crippen molar-refractivity contribution in [1.29, 1.82) is 5.41 Å². The molecule has 0 fully saturated rings. The normalized spacial score (nSPS) is 11.8. The molecule has 0 unspecified atom stereocenters. The van der Waals surface area contributed by atoms with E-state index in [-0.39, 0.29) is 0 Å². The van der Waals surface area contributed by atoms with Crippen molar-refractivity contribution in [3.8, 4) is 0 Å². The van der Waals surface area contributed by atoms with Crippen LogP contribution in [0.1, 0.15) is 6.92 Å². The number of pyridine rings is 2. The first-order chi connectivity index (χ1) is 8.54. The van der Waals surface area contributed by atoms with E-state index in [4.69, 9.17) is 11.1 Å². The Bertz CT molecular complexity index is 640. The Balaban J connectivity index is 2.37. The third-order valence-electron chi connectivity index (χ3n) is 1.97. The minimum atomic E-state index is 0.303. The smallest absolute Gasteiger partial charge is 0.166 e. The number of rotatable bonds is 1. The number of nitrogens with one attached hydrogen (secondary N) is 1. The van der Waals surface area contributed by atoms with Gasteiger partial charge in [0.25, 0.3) is 0 Å². The fourth-order valence-electron chi connectivity index (χ4n) is 1.33. The van der Waals surface area contributed by atoms with Crippen molar-refractivity contribution in [1.82, 2.24) is 9.97 Å². The van der Waals surface area contributed by atoms with Crippen LogP contribution in [0.25, 0.3) is 11.0 Å². The van der Waals surface area contributed by atoms with Gasteiger partial charge in [0.2, 0.25) is 0 Å². The topological polar surface area (TPSA) is 88.0 Å². The summed E-state index contributed by atoms with van der Waals surface area (Å²) in [7, 11) is 0. The third kappa shape index (κ3) is 3.27. The number of hydrogen-bond acceptors (Lipinski definition) is 5. The first-order valence-electron chi connectivity index (χ1n) is 5.04. The van der Waals surface area contributed by atoms with Gasteiger partial charge >= 0.3 is 0 Å². The highest BCUT2D eigenvalue weighted by Crippen LogP contribution is 2.19. The van der Waals surface area contributed by atoms with Gasteiger partial charge in [0.15, 0.2) is 11.0 Å². The SMILES string of the molecule is CC(=N)SC(N)=Nc1ccc2ncc(Br)cc2n1. The summed E-state index contributed by atoms with van der Waals surface area (Å²) in [4.78, 5) is 12.7. The number of amidine groups is 1. The van der Waals surface area contributed by atoms with Gasteiger partial charge in [-0.25, -0.2) is 9.98 Å². The maximum Gasteiger partial charge on any atom is 0.166 e. The Morgan fingerprint density at radius 3 is 2.94 bits per heavy atom. The number of thioether (sulfide) groups is 1. The largest absolute Gasteiger partial charge is 0.378 e. The Hall–Kier alpha value is -1.47. The zero-order chi connectivity index (χ0) is 13.1. The van der Waals surface area contributed by atoms with Crippen LogP contribution < -0.4 is 5.73 Å². The number of aromatic nitrogens is 2. The molecule has 0 atom stereocenters. The molecule has 0 amide bonds. The molecular weight excluding hydrogens is 314 g/mol. The van der Waals surface area contributed by atoms with Crippen LogP contribution in [0.4, 0.5) is 5.82 Å². The molecule has 0 aliphatic carbocycles. The number of fused-ring (bicyclic) bond motifs is 1. The minimum Gasteiger partial charge on any atom is -0.378 e. The Morgan fingerprint density at radius 1 is 1.44 bits per heavy atom. The van der Waals surface area contributed by atoms with Gasteiger partial charge in [-0.3, -0.25) is 10.4 Å². The fourth-order valence-corrected chi connectivity index (χ4v) is 2.10. The summed E-state index contributed by atoms with van der Waals surface area (Å²) in [5, 5.41) is 8.01. The maximum absolute atomic E-state index is 7.32. The molecular formula is C11H10BrN5S. The zero-order valence-electron chi connectivity index (χ0n) is 9.51. The average molecular weight is 324 g/mol. The van der Waals surface area contributed by atoms with E-state index in [1.807, 2.05) is 12.1 Å². The molecule has 0 aliphatic heterocycles. The van der Waals surface area contributed by atoms with Crippen molar-refractivity contribution in [2.45, 2.75) is 6.92 Å². The maximum atomic E-state index is 7.32. The lowest BCUT2D eigenvalue weighted by Gasteiger charge is -2.00. The quantitative estimate of drug-likeness (QED) is 0.623. The molecule has 92 valence electrons. The highest BCUT2D eigenvalue weighted by molar-refractivity contribution is 9.10. The van der Waals surface area contributed by atoms with Crippen molar-refractivity contribution in [3.63, 3.8) is 0 Å². The summed E-state index contributed by atoms with van der Waals surface area (Å²) in [6, 6.07) is 5.45. The van der Waals surface area contributed by atoms with Crippen LogP contribution in [0.5, 0.6) is 0 Å². The van der Waals surface area contributed by atoms with Gasteiger partial charge in [-0.05, 0) is 52.8 Å². The van der Waals surface area contributed by atoms with E-state index in [0.717, 1.165) is 27.3 Å². The first kappa shape index (κ1) is 13.0. The molecule has 2 aromatic rings. The van der Waals surface area contributed by atoms with Gasteiger partial charge < -0.3 is 5.73 Å². The molecule has 0 saturated carbocycles. The Morgan fingerprint density at radius 2 is 2.22 bits per heavy atom. The monoisotopic (exact) mass is 323 g/mol. The van der Waals surface area contributed by atoms with Gasteiger partial charge in [-0.1, -0.05) is 0 Å². The van der Waals surface area contributed by atoms with E-state index in [2.05, 4.69) is 30.9 Å². The minimum absolute atomic E-state index is 0.303.